The average Bonchev–Trinajstić information content (AvgIpc) is 2.99. The van der Waals surface area contributed by atoms with Gasteiger partial charge in [-0.1, -0.05) is 36.4 Å². The lowest BCUT2D eigenvalue weighted by molar-refractivity contribution is -0.138. The first-order chi connectivity index (χ1) is 15.1. The summed E-state index contributed by atoms with van der Waals surface area (Å²) in [5.41, 5.74) is -0.0230. The fourth-order valence-electron chi connectivity index (χ4n) is 3.98. The summed E-state index contributed by atoms with van der Waals surface area (Å²) in [7, 11) is 0. The van der Waals surface area contributed by atoms with E-state index in [1.54, 1.807) is 12.2 Å². The normalized spacial score (nSPS) is 25.1. The van der Waals surface area contributed by atoms with Crippen molar-refractivity contribution in [3.8, 4) is 0 Å². The molecule has 0 saturated heterocycles. The van der Waals surface area contributed by atoms with Crippen molar-refractivity contribution >= 4 is 5.97 Å². The van der Waals surface area contributed by atoms with E-state index in [2.05, 4.69) is 0 Å². The van der Waals surface area contributed by atoms with E-state index in [1.807, 2.05) is 12.2 Å². The van der Waals surface area contributed by atoms with E-state index < -0.39 is 36.0 Å². The molecule has 1 aromatic rings. The predicted octanol–water partition coefficient (Wildman–Crippen LogP) is 4.11. The van der Waals surface area contributed by atoms with E-state index in [0.29, 0.717) is 37.7 Å². The summed E-state index contributed by atoms with van der Waals surface area (Å²) >= 11 is 0. The Kier molecular flexibility index (Phi) is 9.93. The van der Waals surface area contributed by atoms with Crippen molar-refractivity contribution in [3.05, 3.63) is 59.7 Å². The topological polar surface area (TPSA) is 98.0 Å². The van der Waals surface area contributed by atoms with E-state index in [9.17, 15) is 33.3 Å². The summed E-state index contributed by atoms with van der Waals surface area (Å²) in [4.78, 5) is 10.5. The minimum Gasteiger partial charge on any atom is -0.481 e. The first kappa shape index (κ1) is 26.1. The molecule has 8 heteroatoms. The molecule has 1 saturated carbocycles. The zero-order chi connectivity index (χ0) is 23.7. The number of aliphatic carboxylic acids is 1. The first-order valence-corrected chi connectivity index (χ1v) is 10.8. The highest BCUT2D eigenvalue weighted by molar-refractivity contribution is 5.66. The quantitative estimate of drug-likeness (QED) is 0.297. The second-order valence-corrected chi connectivity index (χ2v) is 8.29. The lowest BCUT2D eigenvalue weighted by Gasteiger charge is -2.19. The molecule has 0 spiro atoms. The Morgan fingerprint density at radius 3 is 2.44 bits per heavy atom. The number of hydrogen-bond donors (Lipinski definition) is 4. The van der Waals surface area contributed by atoms with Crippen LogP contribution in [0.1, 0.15) is 49.7 Å². The van der Waals surface area contributed by atoms with E-state index in [1.165, 1.54) is 12.1 Å². The fourth-order valence-corrected chi connectivity index (χ4v) is 3.98. The van der Waals surface area contributed by atoms with Gasteiger partial charge in [0.25, 0.3) is 0 Å². The van der Waals surface area contributed by atoms with E-state index in [4.69, 9.17) is 5.11 Å². The zero-order valence-corrected chi connectivity index (χ0v) is 17.8. The summed E-state index contributed by atoms with van der Waals surface area (Å²) in [6, 6.07) is 4.84. The monoisotopic (exact) mass is 456 g/mol. The van der Waals surface area contributed by atoms with Crippen LogP contribution in [0.2, 0.25) is 0 Å². The number of aliphatic hydroxyl groups excluding tert-OH is 3. The minimum atomic E-state index is -4.38. The molecule has 5 nitrogen and oxygen atoms in total. The van der Waals surface area contributed by atoms with Crippen molar-refractivity contribution in [2.75, 3.05) is 0 Å². The highest BCUT2D eigenvalue weighted by Crippen LogP contribution is 2.36. The van der Waals surface area contributed by atoms with Gasteiger partial charge >= 0.3 is 12.1 Å². The lowest BCUT2D eigenvalue weighted by Crippen LogP contribution is -2.20. The molecule has 0 bridgehead atoms. The van der Waals surface area contributed by atoms with Crippen molar-refractivity contribution in [2.45, 2.75) is 69.4 Å². The molecule has 4 N–H and O–H groups in total. The molecule has 0 amide bonds. The van der Waals surface area contributed by atoms with Gasteiger partial charge in [0.05, 0.1) is 23.9 Å². The number of carbonyl (C=O) groups is 1. The van der Waals surface area contributed by atoms with Crippen molar-refractivity contribution in [2.24, 2.45) is 11.8 Å². The van der Waals surface area contributed by atoms with E-state index in [0.717, 1.165) is 12.1 Å². The van der Waals surface area contributed by atoms with Crippen molar-refractivity contribution in [1.82, 2.24) is 0 Å². The Balaban J connectivity index is 1.84. The summed E-state index contributed by atoms with van der Waals surface area (Å²) in [6.07, 6.45) is 3.20. The predicted molar refractivity (Wildman–Crippen MR) is 114 cm³/mol. The highest BCUT2D eigenvalue weighted by atomic mass is 19.4. The van der Waals surface area contributed by atoms with Crippen LogP contribution in [0.3, 0.4) is 0 Å². The van der Waals surface area contributed by atoms with Crippen LogP contribution in [0.15, 0.2) is 48.6 Å². The number of benzene rings is 1. The molecule has 0 radical (unpaired) electrons. The summed E-state index contributed by atoms with van der Waals surface area (Å²) < 4.78 is 37.9. The molecule has 2 rings (SSSR count). The van der Waals surface area contributed by atoms with Gasteiger partial charge in [-0.3, -0.25) is 4.79 Å². The molecular weight excluding hydrogens is 425 g/mol. The van der Waals surface area contributed by atoms with Crippen LogP contribution < -0.4 is 0 Å². The maximum absolute atomic E-state index is 12.6. The van der Waals surface area contributed by atoms with Gasteiger partial charge in [0.15, 0.2) is 0 Å². The van der Waals surface area contributed by atoms with Crippen molar-refractivity contribution in [1.29, 1.82) is 0 Å². The number of carboxylic acids is 1. The largest absolute Gasteiger partial charge is 0.481 e. The standard InChI is InChI=1S/C24H31F3O5/c25-24(26,27)17-10-7-16(8-11-17)9-12-18(28)13-14-20-19(21(29)15-22(20)30)5-3-1-2-4-6-23(31)32/h1,3,7-8,10-11,13-14,18-22,28-30H,2,4-6,9,12,15H2,(H,31,32)/b3-1-,14-13+/t18-,19+,20+,21-,22+/m0/s1. The Bertz CT molecular complexity index is 773. The van der Waals surface area contributed by atoms with Gasteiger partial charge in [-0.15, -0.1) is 0 Å². The Hall–Kier alpha value is -2.16. The third-order valence-corrected chi connectivity index (χ3v) is 5.82. The summed E-state index contributed by atoms with van der Waals surface area (Å²) in [5, 5.41) is 39.4. The van der Waals surface area contributed by atoms with Gasteiger partial charge in [-0.25, -0.2) is 0 Å². The number of aryl methyl sites for hydroxylation is 1. The smallest absolute Gasteiger partial charge is 0.416 e. The molecular formula is C24H31F3O5. The van der Waals surface area contributed by atoms with E-state index in [-0.39, 0.29) is 24.7 Å². The first-order valence-electron chi connectivity index (χ1n) is 10.8. The lowest BCUT2D eigenvalue weighted by atomic mass is 9.89. The number of alkyl halides is 3. The minimum absolute atomic E-state index is 0.102. The molecule has 1 aromatic carbocycles. The fraction of sp³-hybridized carbons (Fsp3) is 0.542. The SMILES string of the molecule is O=C(O)CCC/C=C\C[C@@H]1[C@@H](/C=C/[C@@H](O)CCc2ccc(C(F)(F)F)cc2)[C@H](O)C[C@@H]1O. The van der Waals surface area contributed by atoms with Gasteiger partial charge in [-0.05, 0) is 55.7 Å². The molecule has 0 aliphatic heterocycles. The molecule has 0 aromatic heterocycles. The maximum Gasteiger partial charge on any atom is 0.416 e. The highest BCUT2D eigenvalue weighted by Gasteiger charge is 2.39. The van der Waals surface area contributed by atoms with Crippen molar-refractivity contribution < 1.29 is 38.4 Å². The number of carboxylic acid groups (broad SMARTS) is 1. The molecule has 1 aliphatic rings. The van der Waals surface area contributed by atoms with Crippen LogP contribution in [0, 0.1) is 11.8 Å². The molecule has 1 aliphatic carbocycles. The second kappa shape index (κ2) is 12.2. The van der Waals surface area contributed by atoms with E-state index >= 15 is 0 Å². The number of aliphatic hydroxyl groups is 3. The molecule has 0 heterocycles. The van der Waals surface area contributed by atoms with Crippen LogP contribution in [-0.2, 0) is 17.4 Å². The van der Waals surface area contributed by atoms with Crippen LogP contribution in [0.5, 0.6) is 0 Å². The van der Waals surface area contributed by atoms with Crippen LogP contribution in [0.4, 0.5) is 13.2 Å². The van der Waals surface area contributed by atoms with Gasteiger partial charge in [0, 0.05) is 18.8 Å². The second-order valence-electron chi connectivity index (χ2n) is 8.29. The number of allylic oxidation sites excluding steroid dienone is 2. The Morgan fingerprint density at radius 2 is 1.81 bits per heavy atom. The Labute approximate surface area is 185 Å². The molecule has 32 heavy (non-hydrogen) atoms. The zero-order valence-electron chi connectivity index (χ0n) is 17.8. The number of unbranched alkanes of at least 4 members (excludes halogenated alkanes) is 1. The van der Waals surface area contributed by atoms with Gasteiger partial charge in [0.2, 0.25) is 0 Å². The van der Waals surface area contributed by atoms with Crippen molar-refractivity contribution in [3.63, 3.8) is 0 Å². The molecule has 1 fully saturated rings. The maximum atomic E-state index is 12.6. The van der Waals surface area contributed by atoms with Crippen LogP contribution in [-0.4, -0.2) is 44.7 Å². The number of rotatable bonds is 11. The molecule has 178 valence electrons. The summed E-state index contributed by atoms with van der Waals surface area (Å²) in [5.74, 6) is -1.37. The average molecular weight is 457 g/mol. The van der Waals surface area contributed by atoms with Crippen LogP contribution >= 0.6 is 0 Å². The summed E-state index contributed by atoms with van der Waals surface area (Å²) in [6.45, 7) is 0. The third kappa shape index (κ3) is 8.41. The Morgan fingerprint density at radius 1 is 1.12 bits per heavy atom. The van der Waals surface area contributed by atoms with Gasteiger partial charge in [0.1, 0.15) is 0 Å². The van der Waals surface area contributed by atoms with Gasteiger partial charge < -0.3 is 20.4 Å². The van der Waals surface area contributed by atoms with Gasteiger partial charge in [-0.2, -0.15) is 13.2 Å². The third-order valence-electron chi connectivity index (χ3n) is 5.82. The van der Waals surface area contributed by atoms with Crippen LogP contribution in [0.25, 0.3) is 0 Å². The molecule has 5 atom stereocenters. The number of halogens is 3. The molecule has 0 unspecified atom stereocenters. The number of hydrogen-bond acceptors (Lipinski definition) is 4.